The maximum atomic E-state index is 12.5. The summed E-state index contributed by atoms with van der Waals surface area (Å²) >= 11 is 0. The first-order valence-electron chi connectivity index (χ1n) is 8.37. The van der Waals surface area contributed by atoms with E-state index in [1.807, 2.05) is 0 Å². The standard InChI is InChI=1S/C17H22N4O4S/c1-20(26(23,24)15-5-3-2-4-6-15)12-17(22)19-16-7-9-18-21(16)11-14-8-10-25-13-14/h2-7,9,14H,8,10-13H2,1H3,(H,19,22)/t14-/m0/s1. The number of rotatable bonds is 7. The van der Waals surface area contributed by atoms with E-state index in [1.54, 1.807) is 35.1 Å². The van der Waals surface area contributed by atoms with E-state index in [4.69, 9.17) is 4.74 Å². The maximum absolute atomic E-state index is 12.5. The fraction of sp³-hybridized carbons (Fsp3) is 0.412. The number of hydrogen-bond acceptors (Lipinski definition) is 5. The zero-order valence-corrected chi connectivity index (χ0v) is 15.4. The van der Waals surface area contributed by atoms with Crippen molar-refractivity contribution in [3.05, 3.63) is 42.6 Å². The molecule has 8 nitrogen and oxygen atoms in total. The normalized spacial score (nSPS) is 17.5. The van der Waals surface area contributed by atoms with E-state index in [2.05, 4.69) is 10.4 Å². The molecule has 0 spiro atoms. The van der Waals surface area contributed by atoms with Crippen molar-refractivity contribution in [1.82, 2.24) is 14.1 Å². The molecule has 1 fully saturated rings. The number of nitrogens with one attached hydrogen (secondary N) is 1. The van der Waals surface area contributed by atoms with Crippen LogP contribution in [-0.2, 0) is 26.1 Å². The van der Waals surface area contributed by atoms with Crippen LogP contribution in [0.2, 0.25) is 0 Å². The van der Waals surface area contributed by atoms with Gasteiger partial charge in [-0.1, -0.05) is 18.2 Å². The number of ether oxygens (including phenoxy) is 1. The van der Waals surface area contributed by atoms with E-state index in [9.17, 15) is 13.2 Å². The first kappa shape index (κ1) is 18.6. The summed E-state index contributed by atoms with van der Waals surface area (Å²) in [7, 11) is -2.32. The van der Waals surface area contributed by atoms with Gasteiger partial charge in [0.15, 0.2) is 0 Å². The van der Waals surface area contributed by atoms with Crippen LogP contribution in [0.3, 0.4) is 0 Å². The van der Waals surface area contributed by atoms with Crippen LogP contribution in [0.4, 0.5) is 5.82 Å². The van der Waals surface area contributed by atoms with Gasteiger partial charge in [-0.3, -0.25) is 4.79 Å². The summed E-state index contributed by atoms with van der Waals surface area (Å²) < 4.78 is 33.1. The maximum Gasteiger partial charge on any atom is 0.243 e. The molecule has 9 heteroatoms. The molecule has 1 aliphatic heterocycles. The Morgan fingerprint density at radius 3 is 2.81 bits per heavy atom. The third-order valence-corrected chi connectivity index (χ3v) is 6.07. The van der Waals surface area contributed by atoms with E-state index in [1.165, 1.54) is 19.2 Å². The van der Waals surface area contributed by atoms with Crippen LogP contribution in [-0.4, -0.2) is 55.2 Å². The van der Waals surface area contributed by atoms with Gasteiger partial charge in [0.05, 0.1) is 24.2 Å². The molecule has 1 N–H and O–H groups in total. The molecule has 1 atom stereocenters. The van der Waals surface area contributed by atoms with E-state index in [0.717, 1.165) is 17.3 Å². The van der Waals surface area contributed by atoms with E-state index in [0.29, 0.717) is 24.9 Å². The van der Waals surface area contributed by atoms with Gasteiger partial charge >= 0.3 is 0 Å². The lowest BCUT2D eigenvalue weighted by Gasteiger charge is -2.17. The quantitative estimate of drug-likeness (QED) is 0.781. The number of hydrogen-bond donors (Lipinski definition) is 1. The third-order valence-electron chi connectivity index (χ3n) is 4.26. The molecular weight excluding hydrogens is 356 g/mol. The van der Waals surface area contributed by atoms with Crippen LogP contribution in [0.25, 0.3) is 0 Å². The fourth-order valence-corrected chi connectivity index (χ4v) is 3.95. The van der Waals surface area contributed by atoms with Gasteiger partial charge in [-0.25, -0.2) is 13.1 Å². The van der Waals surface area contributed by atoms with E-state index < -0.39 is 15.9 Å². The van der Waals surface area contributed by atoms with Crippen molar-refractivity contribution in [3.63, 3.8) is 0 Å². The van der Waals surface area contributed by atoms with Crippen molar-refractivity contribution in [2.75, 3.05) is 32.1 Å². The summed E-state index contributed by atoms with van der Waals surface area (Å²) in [6.07, 6.45) is 2.57. The zero-order valence-electron chi connectivity index (χ0n) is 14.5. The first-order chi connectivity index (χ1) is 12.5. The molecule has 1 aromatic carbocycles. The molecule has 2 aromatic rings. The van der Waals surface area contributed by atoms with E-state index >= 15 is 0 Å². The number of sulfonamides is 1. The molecule has 0 aliphatic carbocycles. The topological polar surface area (TPSA) is 93.5 Å². The minimum atomic E-state index is -3.71. The van der Waals surface area contributed by atoms with Crippen molar-refractivity contribution in [1.29, 1.82) is 0 Å². The van der Waals surface area contributed by atoms with Gasteiger partial charge in [-0.15, -0.1) is 0 Å². The van der Waals surface area contributed by atoms with Crippen molar-refractivity contribution in [2.24, 2.45) is 5.92 Å². The number of aromatic nitrogens is 2. The minimum Gasteiger partial charge on any atom is -0.381 e. The highest BCUT2D eigenvalue weighted by Gasteiger charge is 2.23. The molecule has 140 valence electrons. The second-order valence-corrected chi connectivity index (χ2v) is 8.30. The molecule has 1 saturated heterocycles. The lowest BCUT2D eigenvalue weighted by molar-refractivity contribution is -0.116. The van der Waals surface area contributed by atoms with Gasteiger partial charge in [0, 0.05) is 32.2 Å². The third kappa shape index (κ3) is 4.29. The van der Waals surface area contributed by atoms with Crippen LogP contribution >= 0.6 is 0 Å². The van der Waals surface area contributed by atoms with Gasteiger partial charge < -0.3 is 10.1 Å². The SMILES string of the molecule is CN(CC(=O)Nc1ccnn1C[C@@H]1CCOC1)S(=O)(=O)c1ccccc1. The Morgan fingerprint density at radius 1 is 1.35 bits per heavy atom. The van der Waals surface area contributed by atoms with Gasteiger partial charge in [-0.05, 0) is 18.6 Å². The number of carbonyl (C=O) groups is 1. The average molecular weight is 378 g/mol. The fourth-order valence-electron chi connectivity index (χ4n) is 2.80. The number of amides is 1. The molecule has 0 radical (unpaired) electrons. The Labute approximate surface area is 152 Å². The largest absolute Gasteiger partial charge is 0.381 e. The summed E-state index contributed by atoms with van der Waals surface area (Å²) in [5.74, 6) is 0.496. The Hall–Kier alpha value is -2.23. The molecular formula is C17H22N4O4S. The molecule has 26 heavy (non-hydrogen) atoms. The van der Waals surface area contributed by atoms with Crippen LogP contribution in [0, 0.1) is 5.92 Å². The highest BCUT2D eigenvalue weighted by atomic mass is 32.2. The molecule has 0 unspecified atom stereocenters. The second-order valence-electron chi connectivity index (χ2n) is 6.25. The number of carbonyl (C=O) groups excluding carboxylic acids is 1. The molecule has 0 saturated carbocycles. The number of nitrogens with zero attached hydrogens (tertiary/aromatic N) is 3. The van der Waals surface area contributed by atoms with Crippen LogP contribution in [0.5, 0.6) is 0 Å². The van der Waals surface area contributed by atoms with Crippen LogP contribution < -0.4 is 5.32 Å². The predicted octanol–water partition coefficient (Wildman–Crippen LogP) is 1.18. The summed E-state index contributed by atoms with van der Waals surface area (Å²) in [5.41, 5.74) is 0. The number of anilines is 1. The predicted molar refractivity (Wildman–Crippen MR) is 96.0 cm³/mol. The van der Waals surface area contributed by atoms with Gasteiger partial charge in [0.25, 0.3) is 0 Å². The molecule has 2 heterocycles. The Morgan fingerprint density at radius 2 is 2.12 bits per heavy atom. The molecule has 1 aliphatic rings. The first-order valence-corrected chi connectivity index (χ1v) is 9.81. The number of likely N-dealkylation sites (N-methyl/N-ethyl adjacent to an activating group) is 1. The molecule has 3 rings (SSSR count). The smallest absolute Gasteiger partial charge is 0.243 e. The Balaban J connectivity index is 1.61. The van der Waals surface area contributed by atoms with Gasteiger partial charge in [0.2, 0.25) is 15.9 Å². The molecule has 1 amide bonds. The molecule has 1 aromatic heterocycles. The Kier molecular flexibility index (Phi) is 5.70. The Bertz CT molecular complexity index is 845. The van der Waals surface area contributed by atoms with Crippen LogP contribution in [0.15, 0.2) is 47.5 Å². The van der Waals surface area contributed by atoms with Crippen molar-refractivity contribution >= 4 is 21.7 Å². The highest BCUT2D eigenvalue weighted by molar-refractivity contribution is 7.89. The summed E-state index contributed by atoms with van der Waals surface area (Å²) in [4.78, 5) is 12.5. The van der Waals surface area contributed by atoms with Gasteiger partial charge in [0.1, 0.15) is 5.82 Å². The lowest BCUT2D eigenvalue weighted by Crippen LogP contribution is -2.35. The highest BCUT2D eigenvalue weighted by Crippen LogP contribution is 2.18. The van der Waals surface area contributed by atoms with E-state index in [-0.39, 0.29) is 11.4 Å². The monoisotopic (exact) mass is 378 g/mol. The summed E-state index contributed by atoms with van der Waals surface area (Å²) in [6, 6.07) is 9.73. The van der Waals surface area contributed by atoms with Crippen molar-refractivity contribution in [3.8, 4) is 0 Å². The van der Waals surface area contributed by atoms with Crippen LogP contribution in [0.1, 0.15) is 6.42 Å². The van der Waals surface area contributed by atoms with Crippen molar-refractivity contribution in [2.45, 2.75) is 17.9 Å². The number of benzene rings is 1. The summed E-state index contributed by atoms with van der Waals surface area (Å²) in [6.45, 7) is 1.80. The lowest BCUT2D eigenvalue weighted by atomic mass is 10.1. The zero-order chi connectivity index (χ0) is 18.6. The van der Waals surface area contributed by atoms with Crippen molar-refractivity contribution < 1.29 is 17.9 Å². The average Bonchev–Trinajstić information content (AvgIpc) is 3.28. The second kappa shape index (κ2) is 7.98. The molecule has 0 bridgehead atoms. The minimum absolute atomic E-state index is 0.154. The summed E-state index contributed by atoms with van der Waals surface area (Å²) in [5, 5.41) is 6.96. The van der Waals surface area contributed by atoms with Gasteiger partial charge in [-0.2, -0.15) is 9.40 Å².